The lowest BCUT2D eigenvalue weighted by atomic mass is 10.1. The first-order valence-electron chi connectivity index (χ1n) is 5.34. The van der Waals surface area contributed by atoms with Gasteiger partial charge in [-0.3, -0.25) is 4.79 Å². The summed E-state index contributed by atoms with van der Waals surface area (Å²) in [6, 6.07) is 3.64. The quantitative estimate of drug-likeness (QED) is 0.780. The summed E-state index contributed by atoms with van der Waals surface area (Å²) in [6.45, 7) is 2.13. The summed E-state index contributed by atoms with van der Waals surface area (Å²) in [5.41, 5.74) is 0.656. The van der Waals surface area contributed by atoms with E-state index in [-0.39, 0.29) is 12.0 Å². The molecular weight excluding hydrogens is 208 g/mol. The van der Waals surface area contributed by atoms with Crippen molar-refractivity contribution in [1.29, 1.82) is 0 Å². The molecular formula is C11H16N2O3. The van der Waals surface area contributed by atoms with Crippen molar-refractivity contribution in [2.75, 3.05) is 26.8 Å². The number of rotatable bonds is 4. The van der Waals surface area contributed by atoms with Crippen LogP contribution in [0.3, 0.4) is 0 Å². The largest absolute Gasteiger partial charge is 0.389 e. The van der Waals surface area contributed by atoms with Crippen LogP contribution in [0.25, 0.3) is 0 Å². The van der Waals surface area contributed by atoms with E-state index in [0.29, 0.717) is 31.9 Å². The van der Waals surface area contributed by atoms with Gasteiger partial charge in [0.2, 0.25) is 0 Å². The van der Waals surface area contributed by atoms with Gasteiger partial charge in [0.05, 0.1) is 12.7 Å². The van der Waals surface area contributed by atoms with Gasteiger partial charge in [-0.2, -0.15) is 0 Å². The van der Waals surface area contributed by atoms with Gasteiger partial charge in [-0.25, -0.2) is 0 Å². The topological polar surface area (TPSA) is 54.7 Å². The van der Waals surface area contributed by atoms with Crippen molar-refractivity contribution in [2.24, 2.45) is 0 Å². The Morgan fingerprint density at radius 1 is 1.62 bits per heavy atom. The maximum absolute atomic E-state index is 12.0. The Morgan fingerprint density at radius 2 is 2.38 bits per heavy atom. The molecule has 0 atom stereocenters. The Balaban J connectivity index is 2.02. The van der Waals surface area contributed by atoms with Crippen LogP contribution in [0.15, 0.2) is 18.3 Å². The van der Waals surface area contributed by atoms with Crippen molar-refractivity contribution in [2.45, 2.75) is 12.6 Å². The molecule has 88 valence electrons. The summed E-state index contributed by atoms with van der Waals surface area (Å²) in [5, 5.41) is 9.15. The van der Waals surface area contributed by atoms with E-state index in [1.54, 1.807) is 18.1 Å². The third kappa shape index (κ3) is 2.10. The lowest BCUT2D eigenvalue weighted by molar-refractivity contribution is 0.00510. The van der Waals surface area contributed by atoms with Crippen LogP contribution in [0.1, 0.15) is 10.5 Å². The third-order valence-corrected chi connectivity index (χ3v) is 2.73. The number of aliphatic hydroxyl groups is 1. The average Bonchev–Trinajstić information content (AvgIpc) is 2.69. The molecule has 1 aromatic heterocycles. The SMILES string of the molecule is COCCn1cccc1C(=O)N1CC(O)C1. The smallest absolute Gasteiger partial charge is 0.270 e. The van der Waals surface area contributed by atoms with Crippen molar-refractivity contribution < 1.29 is 14.6 Å². The van der Waals surface area contributed by atoms with E-state index in [2.05, 4.69) is 0 Å². The predicted octanol–water partition coefficient (Wildman–Crippen LogP) is -0.0488. The molecule has 0 radical (unpaired) electrons. The van der Waals surface area contributed by atoms with Gasteiger partial charge in [0, 0.05) is 32.9 Å². The normalized spacial score (nSPS) is 16.2. The molecule has 2 rings (SSSR count). The van der Waals surface area contributed by atoms with E-state index in [1.165, 1.54) is 0 Å². The Kier molecular flexibility index (Phi) is 3.26. The highest BCUT2D eigenvalue weighted by Gasteiger charge is 2.30. The molecule has 5 nitrogen and oxygen atoms in total. The fraction of sp³-hybridized carbons (Fsp3) is 0.545. The van der Waals surface area contributed by atoms with E-state index in [4.69, 9.17) is 9.84 Å². The van der Waals surface area contributed by atoms with Crippen LogP contribution in [-0.4, -0.2) is 53.4 Å². The number of hydrogen-bond donors (Lipinski definition) is 1. The van der Waals surface area contributed by atoms with Crippen molar-refractivity contribution in [1.82, 2.24) is 9.47 Å². The summed E-state index contributed by atoms with van der Waals surface area (Å²) in [4.78, 5) is 13.6. The van der Waals surface area contributed by atoms with Gasteiger partial charge in [0.15, 0.2) is 0 Å². The van der Waals surface area contributed by atoms with Gasteiger partial charge in [0.1, 0.15) is 5.69 Å². The number of hydrogen-bond acceptors (Lipinski definition) is 3. The second-order valence-electron chi connectivity index (χ2n) is 3.94. The molecule has 0 bridgehead atoms. The molecule has 0 aliphatic carbocycles. The molecule has 0 unspecified atom stereocenters. The zero-order valence-electron chi connectivity index (χ0n) is 9.30. The molecule has 2 heterocycles. The van der Waals surface area contributed by atoms with Gasteiger partial charge >= 0.3 is 0 Å². The van der Waals surface area contributed by atoms with Crippen LogP contribution < -0.4 is 0 Å². The van der Waals surface area contributed by atoms with Crippen LogP contribution in [0.5, 0.6) is 0 Å². The number of ether oxygens (including phenoxy) is 1. The molecule has 1 fully saturated rings. The van der Waals surface area contributed by atoms with Gasteiger partial charge in [-0.15, -0.1) is 0 Å². The number of nitrogens with zero attached hydrogens (tertiary/aromatic N) is 2. The molecule has 1 N–H and O–H groups in total. The van der Waals surface area contributed by atoms with Crippen LogP contribution in [0.4, 0.5) is 0 Å². The minimum Gasteiger partial charge on any atom is -0.389 e. The summed E-state index contributed by atoms with van der Waals surface area (Å²) >= 11 is 0. The molecule has 16 heavy (non-hydrogen) atoms. The van der Waals surface area contributed by atoms with Gasteiger partial charge in [0.25, 0.3) is 5.91 Å². The first-order chi connectivity index (χ1) is 7.72. The fourth-order valence-electron chi connectivity index (χ4n) is 1.78. The molecule has 1 aromatic rings. The van der Waals surface area contributed by atoms with Crippen molar-refractivity contribution in [3.63, 3.8) is 0 Å². The first-order valence-corrected chi connectivity index (χ1v) is 5.34. The monoisotopic (exact) mass is 224 g/mol. The Hall–Kier alpha value is -1.33. The van der Waals surface area contributed by atoms with Crippen LogP contribution in [0, 0.1) is 0 Å². The summed E-state index contributed by atoms with van der Waals surface area (Å²) in [7, 11) is 1.64. The molecule has 5 heteroatoms. The molecule has 1 saturated heterocycles. The number of carbonyl (C=O) groups excluding carboxylic acids is 1. The lowest BCUT2D eigenvalue weighted by Crippen LogP contribution is -2.53. The maximum atomic E-state index is 12.0. The van der Waals surface area contributed by atoms with E-state index in [1.807, 2.05) is 16.8 Å². The second-order valence-corrected chi connectivity index (χ2v) is 3.94. The molecule has 0 saturated carbocycles. The highest BCUT2D eigenvalue weighted by molar-refractivity contribution is 5.93. The molecule has 0 spiro atoms. The number of likely N-dealkylation sites (tertiary alicyclic amines) is 1. The summed E-state index contributed by atoms with van der Waals surface area (Å²) in [6.07, 6.45) is 1.51. The average molecular weight is 224 g/mol. The van der Waals surface area contributed by atoms with Gasteiger partial charge in [-0.05, 0) is 12.1 Å². The second kappa shape index (κ2) is 4.67. The number of β-amino-alcohol motifs (C(OH)–C–C–N with tert-alkyl or cyclic N) is 1. The van der Waals surface area contributed by atoms with E-state index >= 15 is 0 Å². The predicted molar refractivity (Wildman–Crippen MR) is 58.2 cm³/mol. The van der Waals surface area contributed by atoms with E-state index < -0.39 is 0 Å². The summed E-state index contributed by atoms with van der Waals surface area (Å²) < 4.78 is 6.85. The maximum Gasteiger partial charge on any atom is 0.270 e. The van der Waals surface area contributed by atoms with E-state index in [9.17, 15) is 4.79 Å². The van der Waals surface area contributed by atoms with Gasteiger partial charge < -0.3 is 19.3 Å². The third-order valence-electron chi connectivity index (χ3n) is 2.73. The fourth-order valence-corrected chi connectivity index (χ4v) is 1.78. The summed E-state index contributed by atoms with van der Waals surface area (Å²) in [5.74, 6) is -0.0218. The highest BCUT2D eigenvalue weighted by atomic mass is 16.5. The Morgan fingerprint density at radius 3 is 3.00 bits per heavy atom. The Labute approximate surface area is 94.2 Å². The molecule has 1 aliphatic heterocycles. The van der Waals surface area contributed by atoms with Crippen molar-refractivity contribution in [3.05, 3.63) is 24.0 Å². The zero-order valence-corrected chi connectivity index (χ0v) is 9.30. The minimum atomic E-state index is -0.355. The Bertz CT molecular complexity index is 369. The number of amides is 1. The first kappa shape index (κ1) is 11.2. The number of aliphatic hydroxyl groups excluding tert-OH is 1. The molecule has 0 aromatic carbocycles. The number of aromatic nitrogens is 1. The van der Waals surface area contributed by atoms with Crippen LogP contribution >= 0.6 is 0 Å². The van der Waals surface area contributed by atoms with Crippen LogP contribution in [0.2, 0.25) is 0 Å². The van der Waals surface area contributed by atoms with Gasteiger partial charge in [-0.1, -0.05) is 0 Å². The minimum absolute atomic E-state index is 0.0218. The van der Waals surface area contributed by atoms with Crippen LogP contribution in [-0.2, 0) is 11.3 Å². The lowest BCUT2D eigenvalue weighted by Gasteiger charge is -2.35. The van der Waals surface area contributed by atoms with E-state index in [0.717, 1.165) is 0 Å². The standard InChI is InChI=1S/C11H16N2O3/c1-16-6-5-12-4-2-3-10(12)11(15)13-7-9(14)8-13/h2-4,9,14H,5-8H2,1H3. The zero-order chi connectivity index (χ0) is 11.5. The number of carbonyl (C=O) groups is 1. The van der Waals surface area contributed by atoms with Crippen molar-refractivity contribution >= 4 is 5.91 Å². The molecule has 1 amide bonds. The molecule has 1 aliphatic rings. The van der Waals surface area contributed by atoms with Crippen molar-refractivity contribution in [3.8, 4) is 0 Å². The number of methoxy groups -OCH3 is 1. The highest BCUT2D eigenvalue weighted by Crippen LogP contribution is 2.13.